The molecule has 0 spiro atoms. The Hall–Kier alpha value is -6.72. The van der Waals surface area contributed by atoms with Crippen LogP contribution in [0.4, 0.5) is 0 Å². The summed E-state index contributed by atoms with van der Waals surface area (Å²) in [5, 5.41) is 5.90. The molecule has 11 rings (SSSR count). The average Bonchev–Trinajstić information content (AvgIpc) is 3.83. The molecule has 4 aromatic heterocycles. The van der Waals surface area contributed by atoms with E-state index in [9.17, 15) is 0 Å². The van der Waals surface area contributed by atoms with Gasteiger partial charge in [0.05, 0.1) is 38.6 Å². The molecule has 0 aliphatic carbocycles. The Morgan fingerprint density at radius 2 is 0.918 bits per heavy atom. The van der Waals surface area contributed by atoms with Gasteiger partial charge < -0.3 is 4.57 Å². The minimum absolute atomic E-state index is 0.826. The van der Waals surface area contributed by atoms with Gasteiger partial charge in [0.2, 0.25) is 5.95 Å². The third-order valence-corrected chi connectivity index (χ3v) is 10.0. The number of hydrogen-bond acceptors (Lipinski definition) is 2. The highest BCUT2D eigenvalue weighted by atomic mass is 15.2. The SMILES string of the molecule is c1ccc(-n2c3ccccc3c3cc(-c4ccc5c6ccccc6n(-c6nc7ccccc7c7nc8ccccc8n67)c5c4)ccc32)cc1. The molecule has 5 nitrogen and oxygen atoms in total. The molecular formula is C44H27N5. The van der Waals surface area contributed by atoms with E-state index in [0.29, 0.717) is 0 Å². The van der Waals surface area contributed by atoms with Crippen LogP contribution in [-0.2, 0) is 0 Å². The van der Waals surface area contributed by atoms with E-state index >= 15 is 0 Å². The van der Waals surface area contributed by atoms with Crippen molar-refractivity contribution in [1.29, 1.82) is 0 Å². The first-order chi connectivity index (χ1) is 24.3. The van der Waals surface area contributed by atoms with Crippen molar-refractivity contribution in [3.8, 4) is 22.8 Å². The molecule has 0 amide bonds. The fourth-order valence-corrected chi connectivity index (χ4v) is 7.85. The molecule has 0 aliphatic heterocycles. The van der Waals surface area contributed by atoms with Gasteiger partial charge in [-0.25, -0.2) is 9.97 Å². The van der Waals surface area contributed by atoms with Crippen LogP contribution in [0.15, 0.2) is 164 Å². The van der Waals surface area contributed by atoms with Gasteiger partial charge in [-0.1, -0.05) is 97.1 Å². The van der Waals surface area contributed by atoms with E-state index in [1.54, 1.807) is 0 Å². The molecule has 0 radical (unpaired) electrons. The van der Waals surface area contributed by atoms with Crippen LogP contribution in [0.25, 0.3) is 94.0 Å². The third-order valence-electron chi connectivity index (χ3n) is 10.0. The van der Waals surface area contributed by atoms with Crippen molar-refractivity contribution < 1.29 is 0 Å². The summed E-state index contributed by atoms with van der Waals surface area (Å²) in [6, 6.07) is 58.3. The Labute approximate surface area is 280 Å². The molecule has 0 bridgehead atoms. The van der Waals surface area contributed by atoms with Gasteiger partial charge in [0.1, 0.15) is 5.65 Å². The molecule has 49 heavy (non-hydrogen) atoms. The first-order valence-electron chi connectivity index (χ1n) is 16.6. The molecule has 0 unspecified atom stereocenters. The topological polar surface area (TPSA) is 40.0 Å². The Bertz CT molecular complexity index is 3110. The largest absolute Gasteiger partial charge is 0.309 e. The van der Waals surface area contributed by atoms with Crippen molar-refractivity contribution in [3.05, 3.63) is 164 Å². The fourth-order valence-electron chi connectivity index (χ4n) is 7.85. The van der Waals surface area contributed by atoms with Gasteiger partial charge in [-0.15, -0.1) is 0 Å². The van der Waals surface area contributed by atoms with Crippen LogP contribution in [-0.4, -0.2) is 23.5 Å². The lowest BCUT2D eigenvalue weighted by atomic mass is 10.0. The molecule has 0 saturated heterocycles. The van der Waals surface area contributed by atoms with Crippen molar-refractivity contribution in [3.63, 3.8) is 0 Å². The minimum atomic E-state index is 0.826. The van der Waals surface area contributed by atoms with Crippen LogP contribution in [0.5, 0.6) is 0 Å². The predicted octanol–water partition coefficient (Wildman–Crippen LogP) is 10.9. The summed E-state index contributed by atoms with van der Waals surface area (Å²) in [6.45, 7) is 0. The van der Waals surface area contributed by atoms with Crippen molar-refractivity contribution in [1.82, 2.24) is 23.5 Å². The van der Waals surface area contributed by atoms with Crippen molar-refractivity contribution in [2.24, 2.45) is 0 Å². The summed E-state index contributed by atoms with van der Waals surface area (Å²) in [7, 11) is 0. The van der Waals surface area contributed by atoms with Gasteiger partial charge in [-0.05, 0) is 77.9 Å². The lowest BCUT2D eigenvalue weighted by molar-refractivity contribution is 0.979. The Kier molecular flexibility index (Phi) is 5.32. The highest BCUT2D eigenvalue weighted by Crippen LogP contribution is 2.39. The number of hydrogen-bond donors (Lipinski definition) is 0. The fraction of sp³-hybridized carbons (Fsp3) is 0. The zero-order valence-electron chi connectivity index (χ0n) is 26.3. The molecule has 0 atom stereocenters. The second-order valence-corrected chi connectivity index (χ2v) is 12.7. The molecule has 5 heteroatoms. The van der Waals surface area contributed by atoms with Gasteiger partial charge in [0.15, 0.2) is 0 Å². The second-order valence-electron chi connectivity index (χ2n) is 12.7. The zero-order valence-corrected chi connectivity index (χ0v) is 26.3. The number of benzene rings is 7. The van der Waals surface area contributed by atoms with Gasteiger partial charge >= 0.3 is 0 Å². The molecule has 0 fully saturated rings. The number of fused-ring (bicyclic) bond motifs is 11. The molecule has 11 aromatic rings. The quantitative estimate of drug-likeness (QED) is 0.196. The predicted molar refractivity (Wildman–Crippen MR) is 202 cm³/mol. The Morgan fingerprint density at radius 3 is 1.73 bits per heavy atom. The lowest BCUT2D eigenvalue weighted by Crippen LogP contribution is -2.06. The average molecular weight is 626 g/mol. The third kappa shape index (κ3) is 3.70. The molecular weight excluding hydrogens is 599 g/mol. The summed E-state index contributed by atoms with van der Waals surface area (Å²) < 4.78 is 6.91. The summed E-state index contributed by atoms with van der Waals surface area (Å²) in [5.41, 5.74) is 11.9. The highest BCUT2D eigenvalue weighted by Gasteiger charge is 2.20. The number of imidazole rings is 1. The van der Waals surface area contributed by atoms with E-state index in [0.717, 1.165) is 55.8 Å². The zero-order chi connectivity index (χ0) is 32.1. The smallest absolute Gasteiger partial charge is 0.221 e. The van der Waals surface area contributed by atoms with E-state index in [1.165, 1.54) is 38.1 Å². The van der Waals surface area contributed by atoms with Crippen LogP contribution in [0.2, 0.25) is 0 Å². The second kappa shape index (κ2) is 9.89. The standard InChI is InChI=1S/C44H27N5/c1-2-12-30(13-3-1)47-38-19-9-6-15-32(38)35-26-28(23-25-40(35)47)29-22-24-33-31-14-5-10-20-39(31)48(42(33)27-29)44-46-36-17-7-4-16-34(36)43-45-37-18-8-11-21-41(37)49(43)44/h1-27H. The normalized spacial score (nSPS) is 12.1. The Balaban J connectivity index is 1.21. The number of nitrogens with zero attached hydrogens (tertiary/aromatic N) is 5. The van der Waals surface area contributed by atoms with Crippen LogP contribution < -0.4 is 0 Å². The maximum atomic E-state index is 5.36. The Morgan fingerprint density at radius 1 is 0.347 bits per heavy atom. The molecule has 0 N–H and O–H groups in total. The number of para-hydroxylation sites is 6. The van der Waals surface area contributed by atoms with Crippen LogP contribution in [0.3, 0.4) is 0 Å². The van der Waals surface area contributed by atoms with E-state index in [-0.39, 0.29) is 0 Å². The molecule has 7 aromatic carbocycles. The lowest BCUT2D eigenvalue weighted by Gasteiger charge is -2.13. The van der Waals surface area contributed by atoms with Crippen molar-refractivity contribution in [2.75, 3.05) is 0 Å². The van der Waals surface area contributed by atoms with Crippen LogP contribution in [0.1, 0.15) is 0 Å². The molecule has 228 valence electrons. The van der Waals surface area contributed by atoms with E-state index in [1.807, 2.05) is 12.1 Å². The van der Waals surface area contributed by atoms with Gasteiger partial charge in [0.25, 0.3) is 0 Å². The summed E-state index contributed by atoms with van der Waals surface area (Å²) in [6.07, 6.45) is 0. The van der Waals surface area contributed by atoms with Gasteiger partial charge in [-0.2, -0.15) is 0 Å². The van der Waals surface area contributed by atoms with E-state index < -0.39 is 0 Å². The first-order valence-corrected chi connectivity index (χ1v) is 16.6. The van der Waals surface area contributed by atoms with Crippen LogP contribution >= 0.6 is 0 Å². The van der Waals surface area contributed by atoms with Gasteiger partial charge in [0, 0.05) is 32.6 Å². The summed E-state index contributed by atoms with van der Waals surface area (Å²) in [5.74, 6) is 0.826. The first kappa shape index (κ1) is 26.4. The van der Waals surface area contributed by atoms with Gasteiger partial charge in [-0.3, -0.25) is 8.97 Å². The van der Waals surface area contributed by atoms with E-state index in [2.05, 4.69) is 165 Å². The number of aromatic nitrogens is 5. The molecule has 4 heterocycles. The van der Waals surface area contributed by atoms with Crippen molar-refractivity contribution in [2.45, 2.75) is 0 Å². The van der Waals surface area contributed by atoms with Crippen LogP contribution in [0, 0.1) is 0 Å². The monoisotopic (exact) mass is 625 g/mol. The minimum Gasteiger partial charge on any atom is -0.309 e. The summed E-state index contributed by atoms with van der Waals surface area (Å²) >= 11 is 0. The van der Waals surface area contributed by atoms with E-state index in [4.69, 9.17) is 9.97 Å². The number of rotatable bonds is 3. The highest BCUT2D eigenvalue weighted by molar-refractivity contribution is 6.12. The maximum Gasteiger partial charge on any atom is 0.221 e. The molecule has 0 saturated carbocycles. The maximum absolute atomic E-state index is 5.36. The summed E-state index contributed by atoms with van der Waals surface area (Å²) in [4.78, 5) is 10.5. The molecule has 0 aliphatic rings. The van der Waals surface area contributed by atoms with Crippen molar-refractivity contribution >= 4 is 71.2 Å².